The van der Waals surface area contributed by atoms with Crippen LogP contribution in [0.5, 0.6) is 0 Å². The first-order valence-corrected chi connectivity index (χ1v) is 7.66. The van der Waals surface area contributed by atoms with Gasteiger partial charge in [-0.2, -0.15) is 0 Å². The molecule has 2 nitrogen and oxygen atoms in total. The van der Waals surface area contributed by atoms with E-state index in [0.29, 0.717) is 6.04 Å². The number of hydrogen-bond acceptors (Lipinski definition) is 2. The Hall–Kier alpha value is -1.30. The summed E-state index contributed by atoms with van der Waals surface area (Å²) in [6, 6.07) is 11.3. The highest BCUT2D eigenvalue weighted by Gasteiger charge is 2.34. The first-order chi connectivity index (χ1) is 9.68. The number of terminal acetylenes is 1. The fourth-order valence-corrected chi connectivity index (χ4v) is 2.95. The van der Waals surface area contributed by atoms with Crippen LogP contribution in [-0.4, -0.2) is 30.1 Å². The average molecular weight is 270 g/mol. The third-order valence-electron chi connectivity index (χ3n) is 4.45. The third kappa shape index (κ3) is 3.62. The zero-order valence-corrected chi connectivity index (χ0v) is 12.7. The predicted octanol–water partition coefficient (Wildman–Crippen LogP) is 3.22. The minimum atomic E-state index is 0.224. The Morgan fingerprint density at radius 1 is 1.40 bits per heavy atom. The molecule has 1 N–H and O–H groups in total. The Labute approximate surface area is 123 Å². The van der Waals surface area contributed by atoms with Crippen molar-refractivity contribution in [1.29, 1.82) is 0 Å². The van der Waals surface area contributed by atoms with Crippen LogP contribution in [0, 0.1) is 12.3 Å². The molecule has 0 spiro atoms. The van der Waals surface area contributed by atoms with E-state index >= 15 is 0 Å². The van der Waals surface area contributed by atoms with Gasteiger partial charge in [0.15, 0.2) is 0 Å². The zero-order chi connectivity index (χ0) is 14.4. The highest BCUT2D eigenvalue weighted by molar-refractivity contribution is 5.21. The molecule has 1 aliphatic rings. The number of rotatable bonds is 5. The van der Waals surface area contributed by atoms with Gasteiger partial charge in [-0.25, -0.2) is 0 Å². The van der Waals surface area contributed by atoms with E-state index in [-0.39, 0.29) is 5.54 Å². The molecule has 1 heterocycles. The third-order valence-corrected chi connectivity index (χ3v) is 4.45. The summed E-state index contributed by atoms with van der Waals surface area (Å²) in [5.74, 6) is 2.75. The van der Waals surface area contributed by atoms with E-state index in [0.717, 1.165) is 38.9 Å². The van der Waals surface area contributed by atoms with Crippen molar-refractivity contribution in [3.63, 3.8) is 0 Å². The smallest absolute Gasteiger partial charge is 0.0473 e. The molecule has 0 bridgehead atoms. The second-order valence-electron chi connectivity index (χ2n) is 6.00. The summed E-state index contributed by atoms with van der Waals surface area (Å²) in [7, 11) is 0. The lowest BCUT2D eigenvalue weighted by atomic mass is 9.91. The van der Waals surface area contributed by atoms with Crippen molar-refractivity contribution in [1.82, 2.24) is 10.2 Å². The van der Waals surface area contributed by atoms with Crippen LogP contribution in [0.4, 0.5) is 0 Å². The van der Waals surface area contributed by atoms with Crippen LogP contribution < -0.4 is 5.32 Å². The molecule has 2 rings (SSSR count). The molecule has 1 fully saturated rings. The lowest BCUT2D eigenvalue weighted by molar-refractivity contribution is 0.0833. The molecule has 0 radical (unpaired) electrons. The molecule has 20 heavy (non-hydrogen) atoms. The summed E-state index contributed by atoms with van der Waals surface area (Å²) in [5.41, 5.74) is 1.63. The summed E-state index contributed by atoms with van der Waals surface area (Å²) in [6.45, 7) is 7.77. The van der Waals surface area contributed by atoms with Crippen LogP contribution >= 0.6 is 0 Å². The molecule has 0 aromatic heterocycles. The van der Waals surface area contributed by atoms with Crippen molar-refractivity contribution in [2.24, 2.45) is 0 Å². The maximum Gasteiger partial charge on any atom is 0.0473 e. The first-order valence-electron chi connectivity index (χ1n) is 7.66. The Morgan fingerprint density at radius 3 is 2.80 bits per heavy atom. The van der Waals surface area contributed by atoms with Gasteiger partial charge in [0.05, 0.1) is 0 Å². The topological polar surface area (TPSA) is 15.3 Å². The molecule has 2 heteroatoms. The van der Waals surface area contributed by atoms with Crippen molar-refractivity contribution in [3.8, 4) is 12.3 Å². The Kier molecular flexibility index (Phi) is 5.23. The molecule has 1 aromatic rings. The van der Waals surface area contributed by atoms with Gasteiger partial charge in [0.25, 0.3) is 0 Å². The largest absolute Gasteiger partial charge is 0.308 e. The van der Waals surface area contributed by atoms with E-state index < -0.39 is 0 Å². The predicted molar refractivity (Wildman–Crippen MR) is 85.5 cm³/mol. The summed E-state index contributed by atoms with van der Waals surface area (Å²) < 4.78 is 0. The molecule has 1 aliphatic heterocycles. The van der Waals surface area contributed by atoms with Gasteiger partial charge >= 0.3 is 0 Å². The lowest BCUT2D eigenvalue weighted by Crippen LogP contribution is -2.59. The van der Waals surface area contributed by atoms with Gasteiger partial charge < -0.3 is 5.32 Å². The molecule has 2 atom stereocenters. The van der Waals surface area contributed by atoms with Gasteiger partial charge in [0.1, 0.15) is 0 Å². The van der Waals surface area contributed by atoms with Gasteiger partial charge in [-0.3, -0.25) is 4.90 Å². The standard InChI is InChI=1S/C18H26N2/c1-4-6-10-13-20-15-18(3,5-2)19-14-17(20)16-11-8-7-9-12-16/h1,7-9,11-12,17,19H,5-6,10,13-15H2,2-3H3. The molecule has 0 aliphatic carbocycles. The van der Waals surface area contributed by atoms with Gasteiger partial charge in [-0.1, -0.05) is 37.3 Å². The zero-order valence-electron chi connectivity index (χ0n) is 12.7. The van der Waals surface area contributed by atoms with E-state index in [1.807, 2.05) is 0 Å². The molecule has 2 unspecified atom stereocenters. The fourth-order valence-electron chi connectivity index (χ4n) is 2.95. The second-order valence-corrected chi connectivity index (χ2v) is 6.00. The molecule has 0 saturated carbocycles. The van der Waals surface area contributed by atoms with E-state index in [1.165, 1.54) is 5.56 Å². The Bertz CT molecular complexity index is 448. The highest BCUT2D eigenvalue weighted by Crippen LogP contribution is 2.28. The maximum absolute atomic E-state index is 5.39. The van der Waals surface area contributed by atoms with Crippen molar-refractivity contribution >= 4 is 0 Å². The summed E-state index contributed by atoms with van der Waals surface area (Å²) in [4.78, 5) is 2.60. The Balaban J connectivity index is 2.11. The van der Waals surface area contributed by atoms with Crippen molar-refractivity contribution in [2.45, 2.75) is 44.7 Å². The molecular formula is C18H26N2. The molecule has 108 valence electrons. The van der Waals surface area contributed by atoms with Crippen molar-refractivity contribution in [3.05, 3.63) is 35.9 Å². The minimum absolute atomic E-state index is 0.224. The van der Waals surface area contributed by atoms with Gasteiger partial charge in [0, 0.05) is 31.1 Å². The summed E-state index contributed by atoms with van der Waals surface area (Å²) in [6.07, 6.45) is 8.49. The van der Waals surface area contributed by atoms with Crippen LogP contribution in [0.25, 0.3) is 0 Å². The Morgan fingerprint density at radius 2 is 2.15 bits per heavy atom. The lowest BCUT2D eigenvalue weighted by Gasteiger charge is -2.46. The second kappa shape index (κ2) is 6.92. The number of nitrogens with zero attached hydrogens (tertiary/aromatic N) is 1. The van der Waals surface area contributed by atoms with Crippen LogP contribution in [-0.2, 0) is 0 Å². The molecule has 1 saturated heterocycles. The SMILES string of the molecule is C#CCCCN1CC(C)(CC)NCC1c1ccccc1. The van der Waals surface area contributed by atoms with Crippen LogP contribution in [0.2, 0.25) is 0 Å². The summed E-state index contributed by atoms with van der Waals surface area (Å²) >= 11 is 0. The maximum atomic E-state index is 5.39. The monoisotopic (exact) mass is 270 g/mol. The van der Waals surface area contributed by atoms with Crippen LogP contribution in [0.1, 0.15) is 44.7 Å². The highest BCUT2D eigenvalue weighted by atomic mass is 15.2. The van der Waals surface area contributed by atoms with Crippen molar-refractivity contribution < 1.29 is 0 Å². The van der Waals surface area contributed by atoms with E-state index in [9.17, 15) is 0 Å². The first kappa shape index (κ1) is 15.1. The van der Waals surface area contributed by atoms with E-state index in [2.05, 4.69) is 60.3 Å². The van der Waals surface area contributed by atoms with E-state index in [4.69, 9.17) is 6.42 Å². The molecule has 1 aromatic carbocycles. The summed E-state index contributed by atoms with van der Waals surface area (Å²) in [5, 5.41) is 3.73. The van der Waals surface area contributed by atoms with Gasteiger partial charge in [-0.15, -0.1) is 12.3 Å². The number of piperazine rings is 1. The number of unbranched alkanes of at least 4 members (excludes halogenated alkanes) is 1. The molecular weight excluding hydrogens is 244 g/mol. The normalized spacial score (nSPS) is 27.1. The van der Waals surface area contributed by atoms with Gasteiger partial charge in [-0.05, 0) is 31.9 Å². The number of benzene rings is 1. The average Bonchev–Trinajstić information content (AvgIpc) is 2.49. The quantitative estimate of drug-likeness (QED) is 0.653. The van der Waals surface area contributed by atoms with Crippen molar-refractivity contribution in [2.75, 3.05) is 19.6 Å². The number of nitrogens with one attached hydrogen (secondary N) is 1. The molecule has 0 amide bonds. The van der Waals surface area contributed by atoms with Crippen LogP contribution in [0.15, 0.2) is 30.3 Å². The number of hydrogen-bond donors (Lipinski definition) is 1. The fraction of sp³-hybridized carbons (Fsp3) is 0.556. The van der Waals surface area contributed by atoms with E-state index in [1.54, 1.807) is 0 Å². The minimum Gasteiger partial charge on any atom is -0.308 e. The van der Waals surface area contributed by atoms with Crippen LogP contribution in [0.3, 0.4) is 0 Å². The van der Waals surface area contributed by atoms with Gasteiger partial charge in [0.2, 0.25) is 0 Å².